The van der Waals surface area contributed by atoms with E-state index in [1.165, 1.54) is 38.9 Å². The van der Waals surface area contributed by atoms with Crippen molar-refractivity contribution >= 4 is 24.5 Å². The Labute approximate surface area is 273 Å². The molecule has 7 rings (SSSR count). The Bertz CT molecular complexity index is 1910. The van der Waals surface area contributed by atoms with E-state index < -0.39 is 8.07 Å². The summed E-state index contributed by atoms with van der Waals surface area (Å²) in [5, 5.41) is 3.40. The van der Waals surface area contributed by atoms with Gasteiger partial charge in [-0.25, -0.2) is 0 Å². The smallest absolute Gasteiger partial charge is 0.0686 e. The second-order valence-electron chi connectivity index (χ2n) is 16.9. The molecule has 1 unspecified atom stereocenters. The van der Waals surface area contributed by atoms with Crippen LogP contribution in [0.25, 0.3) is 33.5 Å². The number of fused-ring (bicyclic) bond motifs is 2. The molecule has 1 atom stereocenters. The summed E-state index contributed by atoms with van der Waals surface area (Å²) in [5.41, 5.74) is 19.5. The predicted molar refractivity (Wildman–Crippen MR) is 199 cm³/mol. The van der Waals surface area contributed by atoms with Crippen molar-refractivity contribution in [3.63, 3.8) is 0 Å². The van der Waals surface area contributed by atoms with Crippen molar-refractivity contribution in [2.75, 3.05) is 0 Å². The van der Waals surface area contributed by atoms with Crippen LogP contribution in [0.5, 0.6) is 0 Å². The maximum atomic E-state index is 2.65. The van der Waals surface area contributed by atoms with Crippen LogP contribution in [-0.4, -0.2) is 8.07 Å². The molecule has 0 fully saturated rings. The van der Waals surface area contributed by atoms with Gasteiger partial charge in [0.2, 0.25) is 0 Å². The molecule has 0 nitrogen and oxygen atoms in total. The van der Waals surface area contributed by atoms with Crippen molar-refractivity contribution in [2.45, 2.75) is 98.6 Å². The second kappa shape index (κ2) is 10.0. The lowest BCUT2D eigenvalue weighted by Gasteiger charge is -2.30. The normalized spacial score (nSPS) is 18.2. The molecule has 1 heterocycles. The highest BCUT2D eigenvalue weighted by atomic mass is 28.3. The Balaban J connectivity index is 1.44. The van der Waals surface area contributed by atoms with Gasteiger partial charge in [-0.3, -0.25) is 0 Å². The predicted octanol–water partition coefficient (Wildman–Crippen LogP) is 11.6. The molecule has 0 spiro atoms. The largest absolute Gasteiger partial charge is 0.114 e. The summed E-state index contributed by atoms with van der Waals surface area (Å²) in [6.07, 6.45) is 3.66. The summed E-state index contributed by atoms with van der Waals surface area (Å²) in [6.45, 7) is 26.3. The second-order valence-corrected chi connectivity index (χ2v) is 21.2. The van der Waals surface area contributed by atoms with Gasteiger partial charge in [0.15, 0.2) is 0 Å². The maximum Gasteiger partial charge on any atom is 0.114 e. The molecule has 2 bridgehead atoms. The zero-order valence-electron chi connectivity index (χ0n) is 29.4. The Morgan fingerprint density at radius 1 is 0.711 bits per heavy atom. The maximum absolute atomic E-state index is 2.65. The fraction of sp³-hybridized carbons (Fsp3) is 0.364. The average molecular weight is 607 g/mol. The first-order valence-electron chi connectivity index (χ1n) is 17.1. The zero-order chi connectivity index (χ0) is 32.2. The minimum Gasteiger partial charge on any atom is -0.0686 e. The molecule has 230 valence electrons. The quantitative estimate of drug-likeness (QED) is 0.203. The van der Waals surface area contributed by atoms with Crippen molar-refractivity contribution in [3.05, 3.63) is 123 Å². The molecule has 45 heavy (non-hydrogen) atoms. The van der Waals surface area contributed by atoms with E-state index in [1.54, 1.807) is 43.8 Å². The average Bonchev–Trinajstić information content (AvgIpc) is 3.58. The van der Waals surface area contributed by atoms with Crippen molar-refractivity contribution in [3.8, 4) is 22.3 Å². The van der Waals surface area contributed by atoms with E-state index in [9.17, 15) is 0 Å². The third kappa shape index (κ3) is 4.60. The Kier molecular flexibility index (Phi) is 6.75. The number of hydrogen-bond donors (Lipinski definition) is 0. The third-order valence-electron chi connectivity index (χ3n) is 11.0. The summed E-state index contributed by atoms with van der Waals surface area (Å²) >= 11 is 0. The third-order valence-corrected chi connectivity index (χ3v) is 14.7. The van der Waals surface area contributed by atoms with E-state index >= 15 is 0 Å². The standard InChI is InChI=1S/C44H50Si/c1-26(2)35-25-36-33(28-15-19-31(20-16-28)43(4,5)6)13-12-14-34(36)40(35)37-24-30-23-27(3)41-39(30)38(42(37)45(41,10)11)29-17-21-32(22-18-29)44(7,8)9/h12-22,24-26,40H,23H2,1-11H3. The van der Waals surface area contributed by atoms with Gasteiger partial charge in [-0.2, -0.15) is 0 Å². The number of allylic oxidation sites excluding steroid dienone is 2. The lowest BCUT2D eigenvalue weighted by Crippen LogP contribution is -2.42. The van der Waals surface area contributed by atoms with E-state index in [0.717, 1.165) is 6.42 Å². The van der Waals surface area contributed by atoms with Crippen LogP contribution in [0.3, 0.4) is 0 Å². The Morgan fingerprint density at radius 2 is 1.29 bits per heavy atom. The van der Waals surface area contributed by atoms with Crippen LogP contribution in [0, 0.1) is 5.92 Å². The SMILES string of the molecule is CC1=C2c3c(cc(C4C(C(C)C)=Cc5c(-c6ccc(C(C)(C)C)cc6)cccc54)c(c3-c3ccc(C(C)(C)C)cc3)[Si]2(C)C)C1. The molecule has 1 aliphatic heterocycles. The molecule has 0 radical (unpaired) electrons. The first kappa shape index (κ1) is 30.2. The summed E-state index contributed by atoms with van der Waals surface area (Å²) in [6, 6.07) is 28.7. The van der Waals surface area contributed by atoms with Crippen molar-refractivity contribution in [1.82, 2.24) is 0 Å². The lowest BCUT2D eigenvalue weighted by atomic mass is 9.80. The van der Waals surface area contributed by atoms with E-state index in [-0.39, 0.29) is 10.8 Å². The van der Waals surface area contributed by atoms with Crippen molar-refractivity contribution in [2.24, 2.45) is 5.92 Å². The zero-order valence-corrected chi connectivity index (χ0v) is 30.4. The van der Waals surface area contributed by atoms with Crippen LogP contribution in [0.15, 0.2) is 83.9 Å². The molecule has 0 N–H and O–H groups in total. The molecular weight excluding hydrogens is 557 g/mol. The summed E-state index contributed by atoms with van der Waals surface area (Å²) in [7, 11) is -1.93. The van der Waals surface area contributed by atoms with Crippen molar-refractivity contribution < 1.29 is 0 Å². The summed E-state index contributed by atoms with van der Waals surface area (Å²) in [5.74, 6) is 0.767. The summed E-state index contributed by atoms with van der Waals surface area (Å²) in [4.78, 5) is 0. The van der Waals surface area contributed by atoms with E-state index in [1.807, 2.05) is 0 Å². The molecule has 4 aromatic rings. The van der Waals surface area contributed by atoms with Gasteiger partial charge < -0.3 is 0 Å². The molecule has 4 aromatic carbocycles. The number of rotatable bonds is 4. The van der Waals surface area contributed by atoms with Crippen LogP contribution in [0.1, 0.15) is 107 Å². The van der Waals surface area contributed by atoms with Crippen molar-refractivity contribution in [1.29, 1.82) is 0 Å². The Hall–Kier alpha value is -3.42. The molecule has 0 aromatic heterocycles. The molecule has 0 saturated heterocycles. The monoisotopic (exact) mass is 606 g/mol. The van der Waals surface area contributed by atoms with Crippen LogP contribution < -0.4 is 5.19 Å². The topological polar surface area (TPSA) is 0 Å². The van der Waals surface area contributed by atoms with Gasteiger partial charge in [0.25, 0.3) is 0 Å². The highest BCUT2D eigenvalue weighted by Gasteiger charge is 2.48. The first-order chi connectivity index (χ1) is 21.1. The minimum absolute atomic E-state index is 0.149. The van der Waals surface area contributed by atoms with Gasteiger partial charge in [0.05, 0.1) is 0 Å². The van der Waals surface area contributed by atoms with Crippen LogP contribution in [0.2, 0.25) is 13.1 Å². The molecule has 0 amide bonds. The summed E-state index contributed by atoms with van der Waals surface area (Å²) < 4.78 is 0. The molecule has 0 saturated carbocycles. The van der Waals surface area contributed by atoms with E-state index in [0.29, 0.717) is 11.8 Å². The molecular formula is C44H50Si. The highest BCUT2D eigenvalue weighted by molar-refractivity contribution is 7.07. The van der Waals surface area contributed by atoms with Gasteiger partial charge in [-0.1, -0.05) is 159 Å². The minimum atomic E-state index is -1.93. The fourth-order valence-corrected chi connectivity index (χ4v) is 12.9. The first-order valence-corrected chi connectivity index (χ1v) is 20.1. The van der Waals surface area contributed by atoms with Crippen LogP contribution in [0.4, 0.5) is 0 Å². The molecule has 3 aliphatic rings. The van der Waals surface area contributed by atoms with Gasteiger partial charge in [-0.05, 0) is 102 Å². The van der Waals surface area contributed by atoms with E-state index in [2.05, 4.69) is 154 Å². The van der Waals surface area contributed by atoms with Gasteiger partial charge in [0.1, 0.15) is 8.07 Å². The molecule has 2 aliphatic carbocycles. The fourth-order valence-electron chi connectivity index (χ4n) is 8.75. The molecule has 1 heteroatoms. The van der Waals surface area contributed by atoms with Gasteiger partial charge >= 0.3 is 0 Å². The van der Waals surface area contributed by atoms with Gasteiger partial charge in [0, 0.05) is 5.92 Å². The lowest BCUT2D eigenvalue weighted by molar-refractivity contribution is 0.590. The van der Waals surface area contributed by atoms with E-state index in [4.69, 9.17) is 0 Å². The van der Waals surface area contributed by atoms with Gasteiger partial charge in [-0.15, -0.1) is 0 Å². The van der Waals surface area contributed by atoms with Crippen LogP contribution in [-0.2, 0) is 17.3 Å². The number of hydrogen-bond acceptors (Lipinski definition) is 0. The number of benzene rings is 4. The highest BCUT2D eigenvalue weighted by Crippen LogP contribution is 2.54. The Morgan fingerprint density at radius 3 is 1.84 bits per heavy atom. The van der Waals surface area contributed by atoms with Crippen LogP contribution >= 0.6 is 0 Å².